The largest absolute Gasteiger partial charge is 0.494 e. The van der Waals surface area contributed by atoms with Crippen LogP contribution in [-0.4, -0.2) is 21.9 Å². The van der Waals surface area contributed by atoms with Crippen LogP contribution in [0.5, 0.6) is 5.75 Å². The lowest BCUT2D eigenvalue weighted by atomic mass is 10.2. The predicted octanol–water partition coefficient (Wildman–Crippen LogP) is 4.64. The van der Waals surface area contributed by atoms with Gasteiger partial charge in [0.25, 0.3) is 5.91 Å². The van der Waals surface area contributed by atoms with Gasteiger partial charge < -0.3 is 14.5 Å². The number of carbonyl (C=O) groups is 1. The molecule has 0 fully saturated rings. The van der Waals surface area contributed by atoms with Crippen molar-refractivity contribution in [2.45, 2.75) is 40.0 Å². The lowest BCUT2D eigenvalue weighted by Gasteiger charge is -2.08. The maximum absolute atomic E-state index is 12.6. The number of pyridine rings is 1. The van der Waals surface area contributed by atoms with Crippen molar-refractivity contribution in [3.8, 4) is 5.75 Å². The van der Waals surface area contributed by atoms with Gasteiger partial charge in [-0.25, -0.2) is 4.98 Å². The van der Waals surface area contributed by atoms with Gasteiger partial charge in [-0.15, -0.1) is 0 Å². The van der Waals surface area contributed by atoms with E-state index in [0.717, 1.165) is 47.7 Å². The zero-order valence-electron chi connectivity index (χ0n) is 15.6. The normalized spacial score (nSPS) is 10.9. The van der Waals surface area contributed by atoms with E-state index in [1.165, 1.54) is 0 Å². The third-order valence-corrected chi connectivity index (χ3v) is 4.43. The monoisotopic (exact) mass is 351 g/mol. The number of rotatable bonds is 7. The molecule has 5 heteroatoms. The third kappa shape index (κ3) is 3.87. The fraction of sp³-hybridized carbons (Fsp3) is 0.333. The van der Waals surface area contributed by atoms with Crippen LogP contribution < -0.4 is 10.1 Å². The van der Waals surface area contributed by atoms with Crippen LogP contribution in [0.25, 0.3) is 5.65 Å². The first-order valence-electron chi connectivity index (χ1n) is 9.14. The molecule has 0 saturated carbocycles. The second-order valence-corrected chi connectivity index (χ2v) is 6.32. The zero-order valence-corrected chi connectivity index (χ0v) is 15.6. The summed E-state index contributed by atoms with van der Waals surface area (Å²) in [4.78, 5) is 17.1. The zero-order chi connectivity index (χ0) is 18.5. The molecule has 1 amide bonds. The number of carbonyl (C=O) groups excluding carboxylic acids is 1. The van der Waals surface area contributed by atoms with Crippen LogP contribution in [0.4, 0.5) is 5.69 Å². The molecule has 0 spiro atoms. The van der Waals surface area contributed by atoms with Crippen LogP contribution >= 0.6 is 0 Å². The molecule has 26 heavy (non-hydrogen) atoms. The van der Waals surface area contributed by atoms with E-state index >= 15 is 0 Å². The minimum absolute atomic E-state index is 0.141. The Labute approximate surface area is 154 Å². The summed E-state index contributed by atoms with van der Waals surface area (Å²) < 4.78 is 7.61. The molecule has 5 nitrogen and oxygen atoms in total. The van der Waals surface area contributed by atoms with Crippen LogP contribution in [0.15, 0.2) is 42.6 Å². The molecule has 0 aliphatic rings. The number of hydrogen-bond donors (Lipinski definition) is 1. The molecule has 3 aromatic rings. The standard InChI is InChI=1S/C21H25N3O2/c1-4-6-13-26-18-10-8-17(9-11-18)22-21(25)16-7-12-20-23-19(5-2)15(3)24(20)14-16/h7-12,14H,4-6,13H2,1-3H3,(H,22,25). The minimum Gasteiger partial charge on any atom is -0.494 e. The molecule has 2 aromatic heterocycles. The first-order valence-corrected chi connectivity index (χ1v) is 9.14. The molecular weight excluding hydrogens is 326 g/mol. The molecule has 0 atom stereocenters. The van der Waals surface area contributed by atoms with E-state index in [9.17, 15) is 4.79 Å². The summed E-state index contributed by atoms with van der Waals surface area (Å²) in [5.74, 6) is 0.678. The Morgan fingerprint density at radius 1 is 1.15 bits per heavy atom. The lowest BCUT2D eigenvalue weighted by Crippen LogP contribution is -2.12. The number of aromatic nitrogens is 2. The van der Waals surface area contributed by atoms with Crippen molar-refractivity contribution in [3.05, 3.63) is 59.5 Å². The van der Waals surface area contributed by atoms with Gasteiger partial charge in [-0.2, -0.15) is 0 Å². The van der Waals surface area contributed by atoms with Gasteiger partial charge in [-0.1, -0.05) is 20.3 Å². The second kappa shape index (κ2) is 8.04. The topological polar surface area (TPSA) is 55.6 Å². The van der Waals surface area contributed by atoms with Crippen LogP contribution in [0.1, 0.15) is 48.4 Å². The van der Waals surface area contributed by atoms with Crippen molar-refractivity contribution in [1.82, 2.24) is 9.38 Å². The first kappa shape index (κ1) is 18.0. The van der Waals surface area contributed by atoms with Gasteiger partial charge in [-0.3, -0.25) is 4.79 Å². The quantitative estimate of drug-likeness (QED) is 0.631. The molecule has 2 heterocycles. The average molecular weight is 351 g/mol. The molecule has 0 aliphatic heterocycles. The van der Waals surface area contributed by atoms with E-state index in [1.54, 1.807) is 6.07 Å². The number of fused-ring (bicyclic) bond motifs is 1. The van der Waals surface area contributed by atoms with E-state index in [-0.39, 0.29) is 5.91 Å². The molecule has 0 unspecified atom stereocenters. The number of unbranched alkanes of at least 4 members (excludes halogenated alkanes) is 1. The number of ether oxygens (including phenoxy) is 1. The van der Waals surface area contributed by atoms with Gasteiger partial charge in [0.15, 0.2) is 0 Å². The second-order valence-electron chi connectivity index (χ2n) is 6.32. The fourth-order valence-corrected chi connectivity index (χ4v) is 2.85. The SMILES string of the molecule is CCCCOc1ccc(NC(=O)c2ccc3nc(CC)c(C)n3c2)cc1. The summed E-state index contributed by atoms with van der Waals surface area (Å²) in [5, 5.41) is 2.93. The maximum atomic E-state index is 12.6. The highest BCUT2D eigenvalue weighted by Gasteiger charge is 2.11. The van der Waals surface area contributed by atoms with E-state index < -0.39 is 0 Å². The van der Waals surface area contributed by atoms with Gasteiger partial charge in [0.2, 0.25) is 0 Å². The molecule has 136 valence electrons. The van der Waals surface area contributed by atoms with Gasteiger partial charge in [0.1, 0.15) is 11.4 Å². The van der Waals surface area contributed by atoms with Gasteiger partial charge in [0, 0.05) is 17.6 Å². The Morgan fingerprint density at radius 3 is 2.62 bits per heavy atom. The molecule has 0 bridgehead atoms. The number of imidazole rings is 1. The number of benzene rings is 1. The Bertz CT molecular complexity index is 898. The van der Waals surface area contributed by atoms with Gasteiger partial charge >= 0.3 is 0 Å². The smallest absolute Gasteiger partial charge is 0.257 e. The summed E-state index contributed by atoms with van der Waals surface area (Å²) in [6.45, 7) is 6.95. The van der Waals surface area contributed by atoms with E-state index in [1.807, 2.05) is 47.9 Å². The van der Waals surface area contributed by atoms with Crippen LogP contribution in [0.2, 0.25) is 0 Å². The van der Waals surface area contributed by atoms with E-state index in [0.29, 0.717) is 12.2 Å². The van der Waals surface area contributed by atoms with Crippen molar-refractivity contribution in [2.75, 3.05) is 11.9 Å². The van der Waals surface area contributed by atoms with Gasteiger partial charge in [0.05, 0.1) is 17.9 Å². The summed E-state index contributed by atoms with van der Waals surface area (Å²) >= 11 is 0. The van der Waals surface area contributed by atoms with Crippen LogP contribution in [-0.2, 0) is 6.42 Å². The van der Waals surface area contributed by atoms with Crippen LogP contribution in [0, 0.1) is 6.92 Å². The summed E-state index contributed by atoms with van der Waals surface area (Å²) in [6.07, 6.45) is 4.86. The van der Waals surface area contributed by atoms with Crippen molar-refractivity contribution in [2.24, 2.45) is 0 Å². The summed E-state index contributed by atoms with van der Waals surface area (Å²) in [6, 6.07) is 11.2. The molecule has 1 aromatic carbocycles. The number of amides is 1. The Kier molecular flexibility index (Phi) is 5.56. The first-order chi connectivity index (χ1) is 12.6. The molecule has 0 saturated heterocycles. The molecule has 3 rings (SSSR count). The number of nitrogens with one attached hydrogen (secondary N) is 1. The highest BCUT2D eigenvalue weighted by molar-refractivity contribution is 6.04. The number of aryl methyl sites for hydroxylation is 2. The summed E-state index contributed by atoms with van der Waals surface area (Å²) in [7, 11) is 0. The lowest BCUT2D eigenvalue weighted by molar-refractivity contribution is 0.102. The van der Waals surface area contributed by atoms with Gasteiger partial charge in [-0.05, 0) is 56.2 Å². The Hall–Kier alpha value is -2.82. The number of anilines is 1. The highest BCUT2D eigenvalue weighted by atomic mass is 16.5. The number of nitrogens with zero attached hydrogens (tertiary/aromatic N) is 2. The maximum Gasteiger partial charge on any atom is 0.257 e. The molecule has 0 aliphatic carbocycles. The molecule has 0 radical (unpaired) electrons. The minimum atomic E-state index is -0.141. The van der Waals surface area contributed by atoms with Crippen molar-refractivity contribution < 1.29 is 9.53 Å². The summed E-state index contributed by atoms with van der Waals surface area (Å²) in [5.41, 5.74) is 4.34. The van der Waals surface area contributed by atoms with Crippen molar-refractivity contribution in [1.29, 1.82) is 0 Å². The Balaban J connectivity index is 1.71. The number of hydrogen-bond acceptors (Lipinski definition) is 3. The van der Waals surface area contributed by atoms with Crippen LogP contribution in [0.3, 0.4) is 0 Å². The fourth-order valence-electron chi connectivity index (χ4n) is 2.85. The average Bonchev–Trinajstić information content (AvgIpc) is 2.98. The van der Waals surface area contributed by atoms with E-state index in [4.69, 9.17) is 4.74 Å². The third-order valence-electron chi connectivity index (χ3n) is 4.43. The predicted molar refractivity (Wildman–Crippen MR) is 104 cm³/mol. The highest BCUT2D eigenvalue weighted by Crippen LogP contribution is 2.18. The Morgan fingerprint density at radius 2 is 1.92 bits per heavy atom. The molecular formula is C21H25N3O2. The van der Waals surface area contributed by atoms with Crippen molar-refractivity contribution in [3.63, 3.8) is 0 Å². The van der Waals surface area contributed by atoms with E-state index in [2.05, 4.69) is 24.1 Å². The molecule has 1 N–H and O–H groups in total. The van der Waals surface area contributed by atoms with Crippen molar-refractivity contribution >= 4 is 17.2 Å².